The molecule has 1 aromatic carbocycles. The molecule has 2 N–H and O–H groups in total. The van der Waals surface area contributed by atoms with Gasteiger partial charge in [-0.05, 0) is 18.2 Å². The lowest BCUT2D eigenvalue weighted by Gasteiger charge is -2.17. The third-order valence-electron chi connectivity index (χ3n) is 2.17. The summed E-state index contributed by atoms with van der Waals surface area (Å²) in [4.78, 5) is 0. The van der Waals surface area contributed by atoms with Crippen molar-refractivity contribution in [1.82, 2.24) is 0 Å². The molecule has 96 valence electrons. The number of nitrogens with one attached hydrogen (secondary N) is 1. The maximum atomic E-state index is 9.23. The number of anilines is 1. The highest BCUT2D eigenvalue weighted by molar-refractivity contribution is 9.10. The van der Waals surface area contributed by atoms with Crippen LogP contribution in [0.25, 0.3) is 0 Å². The molecule has 0 bridgehead atoms. The number of methoxy groups -OCH3 is 1. The smallest absolute Gasteiger partial charge is 0.0726 e. The van der Waals surface area contributed by atoms with Gasteiger partial charge in [0.2, 0.25) is 0 Å². The summed E-state index contributed by atoms with van der Waals surface area (Å²) in [5.41, 5.74) is 0.953. The van der Waals surface area contributed by atoms with Crippen LogP contribution in [0.3, 0.4) is 0 Å². The van der Waals surface area contributed by atoms with Crippen LogP contribution in [0, 0.1) is 0 Å². The fourth-order valence-electron chi connectivity index (χ4n) is 1.32. The summed E-state index contributed by atoms with van der Waals surface area (Å²) in [7, 11) is 1.63. The molecule has 0 radical (unpaired) electrons. The standard InChI is InChI=1S/C12H18BrNO3/c1-16-5-6-17-9-12(8-15)14-11-4-2-3-10(13)7-11/h2-4,7,12,14-15H,5-6,8-9H2,1H3. The normalized spacial score (nSPS) is 12.4. The summed E-state index contributed by atoms with van der Waals surface area (Å²) in [6.07, 6.45) is 0. The molecule has 0 aliphatic rings. The van der Waals surface area contributed by atoms with Gasteiger partial charge in [-0.3, -0.25) is 0 Å². The number of hydrogen-bond acceptors (Lipinski definition) is 4. The van der Waals surface area contributed by atoms with E-state index in [9.17, 15) is 5.11 Å². The highest BCUT2D eigenvalue weighted by Gasteiger charge is 2.07. The van der Waals surface area contributed by atoms with Gasteiger partial charge in [-0.2, -0.15) is 0 Å². The highest BCUT2D eigenvalue weighted by atomic mass is 79.9. The topological polar surface area (TPSA) is 50.7 Å². The van der Waals surface area contributed by atoms with Gasteiger partial charge in [0.1, 0.15) is 0 Å². The van der Waals surface area contributed by atoms with Gasteiger partial charge in [0.25, 0.3) is 0 Å². The van der Waals surface area contributed by atoms with Gasteiger partial charge < -0.3 is 19.9 Å². The average Bonchev–Trinajstić information content (AvgIpc) is 2.33. The van der Waals surface area contributed by atoms with E-state index in [-0.39, 0.29) is 12.6 Å². The molecule has 0 fully saturated rings. The first-order valence-electron chi connectivity index (χ1n) is 5.46. The Labute approximate surface area is 110 Å². The molecule has 0 saturated carbocycles. The molecule has 1 atom stereocenters. The van der Waals surface area contributed by atoms with E-state index in [4.69, 9.17) is 9.47 Å². The zero-order chi connectivity index (χ0) is 12.5. The van der Waals surface area contributed by atoms with Crippen LogP contribution >= 0.6 is 15.9 Å². The van der Waals surface area contributed by atoms with Gasteiger partial charge in [0, 0.05) is 17.3 Å². The van der Waals surface area contributed by atoms with E-state index in [0.717, 1.165) is 10.2 Å². The van der Waals surface area contributed by atoms with E-state index in [1.54, 1.807) is 7.11 Å². The summed E-state index contributed by atoms with van der Waals surface area (Å²) >= 11 is 3.40. The number of hydrogen-bond donors (Lipinski definition) is 2. The Morgan fingerprint density at radius 3 is 2.88 bits per heavy atom. The minimum absolute atomic E-state index is 0.0273. The van der Waals surface area contributed by atoms with Crippen molar-refractivity contribution in [1.29, 1.82) is 0 Å². The summed E-state index contributed by atoms with van der Waals surface area (Å²) in [5, 5.41) is 12.4. The third kappa shape index (κ3) is 6.02. The van der Waals surface area contributed by atoms with Crippen LogP contribution in [0.15, 0.2) is 28.7 Å². The van der Waals surface area contributed by atoms with Crippen molar-refractivity contribution < 1.29 is 14.6 Å². The molecule has 1 aromatic rings. The van der Waals surface area contributed by atoms with Crippen LogP contribution in [0.1, 0.15) is 0 Å². The molecule has 0 saturated heterocycles. The molecule has 0 heterocycles. The van der Waals surface area contributed by atoms with Crippen molar-refractivity contribution in [3.05, 3.63) is 28.7 Å². The molecule has 1 rings (SSSR count). The van der Waals surface area contributed by atoms with Crippen LogP contribution in [0.4, 0.5) is 5.69 Å². The summed E-state index contributed by atoms with van der Waals surface area (Å²) in [6.45, 7) is 1.58. The lowest BCUT2D eigenvalue weighted by atomic mass is 10.2. The number of aliphatic hydroxyl groups is 1. The second-order valence-corrected chi connectivity index (χ2v) is 4.52. The monoisotopic (exact) mass is 303 g/mol. The summed E-state index contributed by atoms with van der Waals surface area (Å²) in [6, 6.07) is 7.68. The minimum Gasteiger partial charge on any atom is -0.394 e. The van der Waals surface area contributed by atoms with E-state index in [0.29, 0.717) is 19.8 Å². The first-order chi connectivity index (χ1) is 8.26. The first-order valence-corrected chi connectivity index (χ1v) is 6.25. The maximum absolute atomic E-state index is 9.23. The first kappa shape index (κ1) is 14.4. The Kier molecular flexibility index (Phi) is 7.19. The SMILES string of the molecule is COCCOCC(CO)Nc1cccc(Br)c1. The fraction of sp³-hybridized carbons (Fsp3) is 0.500. The molecule has 17 heavy (non-hydrogen) atoms. The molecule has 5 heteroatoms. The van der Waals surface area contributed by atoms with Gasteiger partial charge in [-0.25, -0.2) is 0 Å². The average molecular weight is 304 g/mol. The van der Waals surface area contributed by atoms with Crippen LogP contribution in [0.2, 0.25) is 0 Å². The second kappa shape index (κ2) is 8.47. The lowest BCUT2D eigenvalue weighted by molar-refractivity contribution is 0.0581. The van der Waals surface area contributed by atoms with E-state index in [2.05, 4.69) is 21.2 Å². The van der Waals surface area contributed by atoms with Gasteiger partial charge in [-0.1, -0.05) is 22.0 Å². The zero-order valence-electron chi connectivity index (χ0n) is 9.86. The summed E-state index contributed by atoms with van der Waals surface area (Å²) in [5.74, 6) is 0. The van der Waals surface area contributed by atoms with Gasteiger partial charge in [0.15, 0.2) is 0 Å². The van der Waals surface area contributed by atoms with Crippen LogP contribution < -0.4 is 5.32 Å². The third-order valence-corrected chi connectivity index (χ3v) is 2.66. The van der Waals surface area contributed by atoms with Crippen molar-refractivity contribution in [2.24, 2.45) is 0 Å². The van der Waals surface area contributed by atoms with Crippen LogP contribution in [0.5, 0.6) is 0 Å². The van der Waals surface area contributed by atoms with Crippen molar-refractivity contribution >= 4 is 21.6 Å². The lowest BCUT2D eigenvalue weighted by Crippen LogP contribution is -2.29. The molecular weight excluding hydrogens is 286 g/mol. The number of aliphatic hydroxyl groups excluding tert-OH is 1. The molecule has 0 spiro atoms. The van der Waals surface area contributed by atoms with E-state index < -0.39 is 0 Å². The quantitative estimate of drug-likeness (QED) is 0.720. The molecule has 4 nitrogen and oxygen atoms in total. The highest BCUT2D eigenvalue weighted by Crippen LogP contribution is 2.16. The van der Waals surface area contributed by atoms with Crippen molar-refractivity contribution in [3.63, 3.8) is 0 Å². The van der Waals surface area contributed by atoms with Crippen molar-refractivity contribution in [3.8, 4) is 0 Å². The Balaban J connectivity index is 2.35. The van der Waals surface area contributed by atoms with Crippen molar-refractivity contribution in [2.75, 3.05) is 38.9 Å². The predicted molar refractivity (Wildman–Crippen MR) is 71.3 cm³/mol. The number of benzene rings is 1. The Morgan fingerprint density at radius 1 is 1.41 bits per heavy atom. The van der Waals surface area contributed by atoms with Crippen molar-refractivity contribution in [2.45, 2.75) is 6.04 Å². The Hall–Kier alpha value is -0.620. The Morgan fingerprint density at radius 2 is 2.24 bits per heavy atom. The van der Waals surface area contributed by atoms with E-state index in [1.165, 1.54) is 0 Å². The number of halogens is 1. The molecule has 0 aliphatic carbocycles. The van der Waals surface area contributed by atoms with Crippen LogP contribution in [-0.4, -0.2) is 44.7 Å². The minimum atomic E-state index is -0.110. The largest absolute Gasteiger partial charge is 0.394 e. The maximum Gasteiger partial charge on any atom is 0.0726 e. The molecule has 0 aromatic heterocycles. The van der Waals surface area contributed by atoms with Gasteiger partial charge >= 0.3 is 0 Å². The second-order valence-electron chi connectivity index (χ2n) is 3.60. The van der Waals surface area contributed by atoms with Crippen LogP contribution in [-0.2, 0) is 9.47 Å². The zero-order valence-corrected chi connectivity index (χ0v) is 11.4. The van der Waals surface area contributed by atoms with E-state index in [1.807, 2.05) is 24.3 Å². The number of ether oxygens (including phenoxy) is 2. The van der Waals surface area contributed by atoms with E-state index >= 15 is 0 Å². The molecular formula is C12H18BrNO3. The summed E-state index contributed by atoms with van der Waals surface area (Å²) < 4.78 is 11.2. The fourth-order valence-corrected chi connectivity index (χ4v) is 1.72. The van der Waals surface area contributed by atoms with Gasteiger partial charge in [0.05, 0.1) is 32.5 Å². The molecule has 0 amide bonds. The molecule has 1 unspecified atom stereocenters. The number of rotatable bonds is 8. The predicted octanol–water partition coefficient (Wildman–Crippen LogP) is 1.88. The van der Waals surface area contributed by atoms with Gasteiger partial charge in [-0.15, -0.1) is 0 Å². The Bertz CT molecular complexity index is 322. The molecule has 0 aliphatic heterocycles.